The lowest BCUT2D eigenvalue weighted by molar-refractivity contribution is -0.159. The van der Waals surface area contributed by atoms with Gasteiger partial charge in [-0.15, -0.1) is 0 Å². The van der Waals surface area contributed by atoms with E-state index in [1.54, 1.807) is 7.11 Å². The molecule has 4 rings (SSSR count). The van der Waals surface area contributed by atoms with Gasteiger partial charge in [0.2, 0.25) is 5.91 Å². The lowest BCUT2D eigenvalue weighted by Crippen LogP contribution is -2.47. The summed E-state index contributed by atoms with van der Waals surface area (Å²) in [7, 11) is 1.71. The van der Waals surface area contributed by atoms with Gasteiger partial charge in [-0.3, -0.25) is 4.79 Å². The number of nitrogens with zero attached hydrogens (tertiary/aromatic N) is 1. The Morgan fingerprint density at radius 1 is 1.03 bits per heavy atom. The minimum atomic E-state index is -1.82. The standard InChI is InChI=1S/C25H38N2O4.C2H2O4/c1-30-20-11-10-18-12-14-27(25(21(18)16-20)19-6-3-2-4-7-19)24(29)17-26-13-15-31-23-9-5-8-22(23)28;3-1(4)2(5)6/h10-11,16,19,22-23,25-26,28H,2-9,12-15,17H2,1H3;(H,3,4)(H,5,6). The van der Waals surface area contributed by atoms with Crippen molar-refractivity contribution in [3.63, 3.8) is 0 Å². The first kappa shape index (κ1) is 28.9. The van der Waals surface area contributed by atoms with Crippen LogP contribution in [0.25, 0.3) is 0 Å². The summed E-state index contributed by atoms with van der Waals surface area (Å²) in [4.78, 5) is 33.6. The van der Waals surface area contributed by atoms with Crippen LogP contribution in [-0.2, 0) is 25.5 Å². The number of nitrogens with one attached hydrogen (secondary N) is 1. The number of benzene rings is 1. The average molecular weight is 521 g/mol. The molecule has 0 bridgehead atoms. The maximum absolute atomic E-state index is 13.2. The first-order valence-corrected chi connectivity index (χ1v) is 13.2. The van der Waals surface area contributed by atoms with E-state index in [1.165, 1.54) is 43.2 Å². The fourth-order valence-corrected chi connectivity index (χ4v) is 5.67. The summed E-state index contributed by atoms with van der Waals surface area (Å²) < 4.78 is 11.3. The van der Waals surface area contributed by atoms with E-state index < -0.39 is 11.9 Å². The van der Waals surface area contributed by atoms with Gasteiger partial charge in [-0.25, -0.2) is 9.59 Å². The zero-order chi connectivity index (χ0) is 26.8. The molecule has 1 aromatic carbocycles. The molecule has 10 heteroatoms. The average Bonchev–Trinajstić information content (AvgIpc) is 3.32. The van der Waals surface area contributed by atoms with Crippen LogP contribution in [0.3, 0.4) is 0 Å². The second-order valence-electron chi connectivity index (χ2n) is 9.94. The van der Waals surface area contributed by atoms with E-state index in [1.807, 2.05) is 6.07 Å². The number of carbonyl (C=O) groups excluding carboxylic acids is 1. The molecule has 0 radical (unpaired) electrons. The number of fused-ring (bicyclic) bond motifs is 1. The van der Waals surface area contributed by atoms with Crippen molar-refractivity contribution in [3.05, 3.63) is 29.3 Å². The molecule has 1 heterocycles. The Morgan fingerprint density at radius 3 is 2.38 bits per heavy atom. The van der Waals surface area contributed by atoms with Crippen molar-refractivity contribution in [3.8, 4) is 5.75 Å². The maximum Gasteiger partial charge on any atom is 0.414 e. The smallest absolute Gasteiger partial charge is 0.414 e. The SMILES string of the molecule is COc1ccc2c(c1)C(C1CCCCC1)N(C(=O)CNCCOC1CCCC1O)CC2.O=C(O)C(=O)O. The third-order valence-corrected chi connectivity index (χ3v) is 7.53. The second-order valence-corrected chi connectivity index (χ2v) is 9.94. The number of carboxylic acids is 2. The summed E-state index contributed by atoms with van der Waals surface area (Å²) in [6, 6.07) is 6.52. The molecule has 3 atom stereocenters. The number of aliphatic hydroxyl groups excluding tert-OH is 1. The Morgan fingerprint density at radius 2 is 1.76 bits per heavy atom. The number of aliphatic carboxylic acids is 2. The van der Waals surface area contributed by atoms with Gasteiger partial charge < -0.3 is 35.0 Å². The maximum atomic E-state index is 13.2. The van der Waals surface area contributed by atoms with Gasteiger partial charge in [-0.2, -0.15) is 0 Å². The summed E-state index contributed by atoms with van der Waals surface area (Å²) in [5.74, 6) is -2.08. The molecule has 37 heavy (non-hydrogen) atoms. The highest BCUT2D eigenvalue weighted by Crippen LogP contribution is 2.43. The molecule has 2 saturated carbocycles. The molecule has 2 aliphatic carbocycles. The molecular formula is C27H40N2O8. The Hall–Kier alpha value is -2.69. The second kappa shape index (κ2) is 14.3. The lowest BCUT2D eigenvalue weighted by atomic mass is 9.77. The third-order valence-electron chi connectivity index (χ3n) is 7.53. The van der Waals surface area contributed by atoms with Crippen LogP contribution in [0, 0.1) is 5.92 Å². The predicted octanol–water partition coefficient (Wildman–Crippen LogP) is 2.38. The fourth-order valence-electron chi connectivity index (χ4n) is 5.67. The Labute approximate surface area is 217 Å². The molecule has 0 aromatic heterocycles. The molecule has 2 fully saturated rings. The minimum Gasteiger partial charge on any atom is -0.497 e. The molecule has 10 nitrogen and oxygen atoms in total. The Bertz CT molecular complexity index is 906. The van der Waals surface area contributed by atoms with Crippen LogP contribution in [0.1, 0.15) is 68.5 Å². The number of carbonyl (C=O) groups is 3. The highest BCUT2D eigenvalue weighted by Gasteiger charge is 2.37. The van der Waals surface area contributed by atoms with Crippen LogP contribution in [0.2, 0.25) is 0 Å². The van der Waals surface area contributed by atoms with Crippen LogP contribution in [-0.4, -0.2) is 83.6 Å². The number of ether oxygens (including phenoxy) is 2. The molecule has 1 amide bonds. The van der Waals surface area contributed by atoms with E-state index in [-0.39, 0.29) is 24.2 Å². The van der Waals surface area contributed by atoms with E-state index in [9.17, 15) is 9.90 Å². The van der Waals surface area contributed by atoms with Crippen molar-refractivity contribution in [1.29, 1.82) is 0 Å². The largest absolute Gasteiger partial charge is 0.497 e. The molecule has 1 aliphatic heterocycles. The van der Waals surface area contributed by atoms with E-state index in [4.69, 9.17) is 29.3 Å². The number of hydrogen-bond donors (Lipinski definition) is 4. The summed E-state index contributed by atoms with van der Waals surface area (Å²) >= 11 is 0. The van der Waals surface area contributed by atoms with Gasteiger partial charge in [0.25, 0.3) is 0 Å². The topological polar surface area (TPSA) is 146 Å². The number of aliphatic hydroxyl groups is 1. The quantitative estimate of drug-likeness (QED) is 0.300. The van der Waals surface area contributed by atoms with Crippen molar-refractivity contribution < 1.29 is 39.2 Å². The molecule has 206 valence electrons. The molecule has 3 aliphatic rings. The summed E-state index contributed by atoms with van der Waals surface area (Å²) in [5.41, 5.74) is 2.64. The monoisotopic (exact) mass is 520 g/mol. The molecule has 4 N–H and O–H groups in total. The Kier molecular flexibility index (Phi) is 11.2. The first-order chi connectivity index (χ1) is 17.8. The van der Waals surface area contributed by atoms with Crippen molar-refractivity contribution in [2.75, 3.05) is 33.4 Å². The van der Waals surface area contributed by atoms with Crippen LogP contribution in [0.5, 0.6) is 5.75 Å². The summed E-state index contributed by atoms with van der Waals surface area (Å²) in [5, 5.41) is 27.9. The van der Waals surface area contributed by atoms with E-state index in [0.29, 0.717) is 25.6 Å². The van der Waals surface area contributed by atoms with Gasteiger partial charge in [-0.05, 0) is 67.7 Å². The van der Waals surface area contributed by atoms with Gasteiger partial charge >= 0.3 is 11.9 Å². The van der Waals surface area contributed by atoms with Gasteiger partial charge in [0.05, 0.1) is 38.5 Å². The zero-order valence-corrected chi connectivity index (χ0v) is 21.6. The number of amides is 1. The highest BCUT2D eigenvalue weighted by atomic mass is 16.5. The van der Waals surface area contributed by atoms with Crippen LogP contribution < -0.4 is 10.1 Å². The van der Waals surface area contributed by atoms with Crippen molar-refractivity contribution in [2.24, 2.45) is 5.92 Å². The molecule has 1 aromatic rings. The van der Waals surface area contributed by atoms with Crippen molar-refractivity contribution in [1.82, 2.24) is 10.2 Å². The zero-order valence-electron chi connectivity index (χ0n) is 21.6. The van der Waals surface area contributed by atoms with Gasteiger partial charge in [0, 0.05) is 13.1 Å². The predicted molar refractivity (Wildman–Crippen MR) is 135 cm³/mol. The van der Waals surface area contributed by atoms with Gasteiger partial charge in [0.1, 0.15) is 5.75 Å². The normalized spacial score (nSPS) is 23.5. The number of methoxy groups -OCH3 is 1. The van der Waals surface area contributed by atoms with Crippen molar-refractivity contribution >= 4 is 17.8 Å². The molecule has 0 saturated heterocycles. The van der Waals surface area contributed by atoms with Crippen LogP contribution in [0.4, 0.5) is 0 Å². The van der Waals surface area contributed by atoms with E-state index >= 15 is 0 Å². The highest BCUT2D eigenvalue weighted by molar-refractivity contribution is 6.27. The van der Waals surface area contributed by atoms with Gasteiger partial charge in [-0.1, -0.05) is 25.3 Å². The van der Waals surface area contributed by atoms with Gasteiger partial charge in [0.15, 0.2) is 0 Å². The fraction of sp³-hybridized carbons (Fsp3) is 0.667. The van der Waals surface area contributed by atoms with Crippen molar-refractivity contribution in [2.45, 2.75) is 76.0 Å². The van der Waals surface area contributed by atoms with E-state index in [2.05, 4.69) is 22.3 Å². The molecule has 3 unspecified atom stereocenters. The number of rotatable bonds is 8. The summed E-state index contributed by atoms with van der Waals surface area (Å²) in [6.45, 7) is 2.27. The van der Waals surface area contributed by atoms with Crippen LogP contribution in [0.15, 0.2) is 18.2 Å². The summed E-state index contributed by atoms with van der Waals surface area (Å²) in [6.07, 6.45) is 9.52. The minimum absolute atomic E-state index is 0.0400. The number of carboxylic acid groups (broad SMARTS) is 2. The first-order valence-electron chi connectivity index (χ1n) is 13.2. The molecular weight excluding hydrogens is 480 g/mol. The number of hydrogen-bond acceptors (Lipinski definition) is 7. The van der Waals surface area contributed by atoms with E-state index in [0.717, 1.165) is 38.0 Å². The lowest BCUT2D eigenvalue weighted by Gasteiger charge is -2.43. The molecule has 0 spiro atoms. The third kappa shape index (κ3) is 8.15. The Balaban J connectivity index is 0.000000568. The van der Waals surface area contributed by atoms with Crippen LogP contribution >= 0.6 is 0 Å².